The Morgan fingerprint density at radius 1 is 1.32 bits per heavy atom. The summed E-state index contributed by atoms with van der Waals surface area (Å²) in [7, 11) is 0. The summed E-state index contributed by atoms with van der Waals surface area (Å²) >= 11 is 1.86. The Labute approximate surface area is 190 Å². The van der Waals surface area contributed by atoms with E-state index in [9.17, 15) is 0 Å². The molecule has 0 radical (unpaired) electrons. The molecule has 2 atom stereocenters. The van der Waals surface area contributed by atoms with E-state index in [1.165, 1.54) is 10.4 Å². The second-order valence-electron chi connectivity index (χ2n) is 9.39. The van der Waals surface area contributed by atoms with Crippen LogP contribution in [0, 0.1) is 12.3 Å². The van der Waals surface area contributed by atoms with Gasteiger partial charge in [-0.2, -0.15) is 0 Å². The number of nitrogens with one attached hydrogen (secondary N) is 1. The molecular weight excluding hydrogens is 404 g/mol. The molecule has 4 heterocycles. The largest absolute Gasteiger partial charge is 0.370 e. The summed E-state index contributed by atoms with van der Waals surface area (Å²) in [6.45, 7) is 13.3. The number of ether oxygens (including phenoxy) is 1. The highest BCUT2D eigenvalue weighted by molar-refractivity contribution is 7.09. The van der Waals surface area contributed by atoms with Gasteiger partial charge in [0.1, 0.15) is 11.9 Å². The van der Waals surface area contributed by atoms with Crippen LogP contribution >= 0.6 is 11.3 Å². The average Bonchev–Trinajstić information content (AvgIpc) is 3.53. The molecule has 0 spiro atoms. The molecule has 1 N–H and O–H groups in total. The van der Waals surface area contributed by atoms with Crippen molar-refractivity contribution in [1.82, 2.24) is 15.2 Å². The van der Waals surface area contributed by atoms with Crippen molar-refractivity contribution >= 4 is 17.2 Å². The summed E-state index contributed by atoms with van der Waals surface area (Å²) in [5, 5.41) is 5.71. The van der Waals surface area contributed by atoms with Gasteiger partial charge in [-0.1, -0.05) is 12.1 Å². The molecule has 6 heteroatoms. The Hall–Kier alpha value is -1.76. The predicted molar refractivity (Wildman–Crippen MR) is 129 cm³/mol. The monoisotopic (exact) mass is 440 g/mol. The summed E-state index contributed by atoms with van der Waals surface area (Å²) in [6.07, 6.45) is 5.39. The number of likely N-dealkylation sites (tertiary alicyclic amines) is 1. The van der Waals surface area contributed by atoms with Crippen LogP contribution in [0.25, 0.3) is 0 Å². The topological polar surface area (TPSA) is 49.8 Å². The summed E-state index contributed by atoms with van der Waals surface area (Å²) in [5.41, 5.74) is 2.31. The molecule has 0 saturated carbocycles. The van der Waals surface area contributed by atoms with Crippen molar-refractivity contribution in [2.75, 3.05) is 32.8 Å². The van der Waals surface area contributed by atoms with Crippen LogP contribution in [0.4, 0.5) is 0 Å². The van der Waals surface area contributed by atoms with Gasteiger partial charge in [0, 0.05) is 47.4 Å². The summed E-state index contributed by atoms with van der Waals surface area (Å²) < 4.78 is 6.44. The second kappa shape index (κ2) is 9.39. The predicted octanol–water partition coefficient (Wildman–Crippen LogP) is 4.42. The lowest BCUT2D eigenvalue weighted by atomic mass is 9.76. The van der Waals surface area contributed by atoms with Gasteiger partial charge in [0.05, 0.1) is 6.54 Å². The molecule has 0 aromatic carbocycles. The molecule has 0 bridgehead atoms. The molecule has 1 fully saturated rings. The van der Waals surface area contributed by atoms with Gasteiger partial charge in [0.25, 0.3) is 0 Å². The van der Waals surface area contributed by atoms with Crippen LogP contribution in [0.1, 0.15) is 49.7 Å². The standard InChI is InChI=1S/C25H36N4OS/c1-5-30-22(23-26-13-14-27-23)25(11-10-21-7-6-16-31-21)12-15-29(18-25)24(3,4)20-9-8-19(2)28-17-20/h6-9,16-17,22H,5,10-15,18H2,1-4H3,(H,26,27). The maximum atomic E-state index is 6.44. The van der Waals surface area contributed by atoms with Crippen LogP contribution in [-0.4, -0.2) is 54.6 Å². The maximum Gasteiger partial charge on any atom is 0.127 e. The molecule has 2 aromatic heterocycles. The van der Waals surface area contributed by atoms with E-state index in [4.69, 9.17) is 9.73 Å². The van der Waals surface area contributed by atoms with E-state index in [1.807, 2.05) is 24.5 Å². The lowest BCUT2D eigenvalue weighted by molar-refractivity contribution is -0.000620. The first-order valence-electron chi connectivity index (χ1n) is 11.5. The van der Waals surface area contributed by atoms with Crippen molar-refractivity contribution in [3.05, 3.63) is 52.0 Å². The molecule has 4 rings (SSSR count). The van der Waals surface area contributed by atoms with Crippen LogP contribution in [0.3, 0.4) is 0 Å². The number of aromatic nitrogens is 1. The number of hydrogen-bond acceptors (Lipinski definition) is 6. The lowest BCUT2D eigenvalue weighted by Gasteiger charge is -2.41. The third kappa shape index (κ3) is 4.71. The van der Waals surface area contributed by atoms with Crippen molar-refractivity contribution in [3.8, 4) is 0 Å². The Morgan fingerprint density at radius 2 is 2.19 bits per heavy atom. The Kier molecular flexibility index (Phi) is 6.80. The minimum atomic E-state index is -0.0763. The van der Waals surface area contributed by atoms with Crippen molar-refractivity contribution in [2.45, 2.75) is 58.6 Å². The first-order chi connectivity index (χ1) is 14.9. The first-order valence-corrected chi connectivity index (χ1v) is 12.4. The third-order valence-corrected chi connectivity index (χ3v) is 8.02. The number of pyridine rings is 1. The van der Waals surface area contributed by atoms with Crippen molar-refractivity contribution in [1.29, 1.82) is 0 Å². The number of nitrogens with zero attached hydrogens (tertiary/aromatic N) is 3. The second-order valence-corrected chi connectivity index (χ2v) is 10.4. The number of aryl methyl sites for hydroxylation is 2. The van der Waals surface area contributed by atoms with Crippen molar-refractivity contribution in [2.24, 2.45) is 10.4 Å². The molecule has 2 aromatic rings. The van der Waals surface area contributed by atoms with Crippen LogP contribution in [0.5, 0.6) is 0 Å². The fourth-order valence-corrected chi connectivity index (χ4v) is 5.77. The van der Waals surface area contributed by atoms with Crippen LogP contribution in [0.2, 0.25) is 0 Å². The van der Waals surface area contributed by atoms with E-state index in [-0.39, 0.29) is 17.1 Å². The zero-order valence-corrected chi connectivity index (χ0v) is 20.2. The quantitative estimate of drug-likeness (QED) is 0.627. The van der Waals surface area contributed by atoms with Gasteiger partial charge in [-0.15, -0.1) is 11.3 Å². The van der Waals surface area contributed by atoms with Crippen molar-refractivity contribution in [3.63, 3.8) is 0 Å². The summed E-state index contributed by atoms with van der Waals surface area (Å²) in [4.78, 5) is 13.5. The molecule has 5 nitrogen and oxygen atoms in total. The summed E-state index contributed by atoms with van der Waals surface area (Å²) in [5.74, 6) is 1.06. The zero-order valence-electron chi connectivity index (χ0n) is 19.4. The van der Waals surface area contributed by atoms with E-state index in [0.717, 1.165) is 57.0 Å². The van der Waals surface area contributed by atoms with Crippen LogP contribution in [0.15, 0.2) is 40.8 Å². The molecule has 2 aliphatic heterocycles. The molecule has 2 unspecified atom stereocenters. The average molecular weight is 441 g/mol. The van der Waals surface area contributed by atoms with E-state index in [0.29, 0.717) is 6.61 Å². The van der Waals surface area contributed by atoms with Crippen LogP contribution in [-0.2, 0) is 16.7 Å². The normalized spacial score (nSPS) is 23.0. The van der Waals surface area contributed by atoms with Gasteiger partial charge >= 0.3 is 0 Å². The molecule has 0 amide bonds. The first kappa shape index (κ1) is 22.4. The Balaban J connectivity index is 1.62. The zero-order chi connectivity index (χ0) is 21.9. The maximum absolute atomic E-state index is 6.44. The highest BCUT2D eigenvalue weighted by Crippen LogP contribution is 2.45. The fraction of sp³-hybridized carbons (Fsp3) is 0.600. The SMILES string of the molecule is CCOC(C1=NCCN1)C1(CCc2cccs2)CCN(C(C)(C)c2ccc(C)nc2)C1. The van der Waals surface area contributed by atoms with Gasteiger partial charge in [-0.3, -0.25) is 14.9 Å². The van der Waals surface area contributed by atoms with Gasteiger partial charge < -0.3 is 10.1 Å². The Morgan fingerprint density at radius 3 is 2.84 bits per heavy atom. The van der Waals surface area contributed by atoms with Gasteiger partial charge in [0.15, 0.2) is 0 Å². The van der Waals surface area contributed by atoms with Crippen LogP contribution < -0.4 is 5.32 Å². The smallest absolute Gasteiger partial charge is 0.127 e. The van der Waals surface area contributed by atoms with Crippen molar-refractivity contribution < 1.29 is 4.74 Å². The van der Waals surface area contributed by atoms with E-state index in [1.54, 1.807) is 0 Å². The van der Waals surface area contributed by atoms with Gasteiger partial charge in [-0.05, 0) is 76.6 Å². The number of hydrogen-bond donors (Lipinski definition) is 1. The fourth-order valence-electron chi connectivity index (χ4n) is 5.07. The van der Waals surface area contributed by atoms with Gasteiger partial charge in [-0.25, -0.2) is 0 Å². The molecule has 31 heavy (non-hydrogen) atoms. The summed E-state index contributed by atoms with van der Waals surface area (Å²) in [6, 6.07) is 8.77. The Bertz CT molecular complexity index is 877. The van der Waals surface area contributed by atoms with Gasteiger partial charge in [0.2, 0.25) is 0 Å². The molecule has 0 aliphatic carbocycles. The number of rotatable bonds is 9. The van der Waals surface area contributed by atoms with E-state index >= 15 is 0 Å². The molecule has 2 aliphatic rings. The number of amidine groups is 1. The molecule has 168 valence electrons. The highest BCUT2D eigenvalue weighted by Gasteiger charge is 2.50. The number of aliphatic imine (C=N–C) groups is 1. The molecular formula is C25H36N4OS. The third-order valence-electron chi connectivity index (χ3n) is 7.08. The van der Waals surface area contributed by atoms with E-state index < -0.39 is 0 Å². The molecule has 1 saturated heterocycles. The lowest BCUT2D eigenvalue weighted by Crippen LogP contribution is -2.50. The minimum absolute atomic E-state index is 0.0249. The highest BCUT2D eigenvalue weighted by atomic mass is 32.1. The number of thiophene rings is 1. The minimum Gasteiger partial charge on any atom is -0.370 e. The van der Waals surface area contributed by atoms with E-state index in [2.05, 4.69) is 65.6 Å².